The number of hydrogen-bond acceptors (Lipinski definition) is 3. The SMILES string of the molecule is CCOc1ccc(-c2cscn2)cc1C(C)C. The average Bonchev–Trinajstić information content (AvgIpc) is 2.83. The predicted molar refractivity (Wildman–Crippen MR) is 72.8 cm³/mol. The molecule has 2 aromatic rings. The normalized spacial score (nSPS) is 10.8. The van der Waals surface area contributed by atoms with Crippen LogP contribution in [0.5, 0.6) is 5.75 Å². The molecule has 3 heteroatoms. The van der Waals surface area contributed by atoms with E-state index >= 15 is 0 Å². The van der Waals surface area contributed by atoms with Crippen molar-refractivity contribution >= 4 is 11.3 Å². The van der Waals surface area contributed by atoms with Crippen LogP contribution < -0.4 is 4.74 Å². The first-order chi connectivity index (χ1) is 8.22. The van der Waals surface area contributed by atoms with Crippen LogP contribution in [0, 0.1) is 0 Å². The first-order valence-corrected chi connectivity index (χ1v) is 6.82. The van der Waals surface area contributed by atoms with Crippen molar-refractivity contribution in [3.63, 3.8) is 0 Å². The van der Waals surface area contributed by atoms with E-state index in [4.69, 9.17) is 4.74 Å². The van der Waals surface area contributed by atoms with E-state index in [-0.39, 0.29) is 0 Å². The van der Waals surface area contributed by atoms with Crippen LogP contribution in [0.1, 0.15) is 32.3 Å². The highest BCUT2D eigenvalue weighted by Crippen LogP contribution is 2.31. The summed E-state index contributed by atoms with van der Waals surface area (Å²) >= 11 is 1.62. The van der Waals surface area contributed by atoms with Gasteiger partial charge in [0.1, 0.15) is 5.75 Å². The monoisotopic (exact) mass is 247 g/mol. The number of nitrogens with zero attached hydrogens (tertiary/aromatic N) is 1. The van der Waals surface area contributed by atoms with E-state index in [0.29, 0.717) is 12.5 Å². The van der Waals surface area contributed by atoms with Crippen molar-refractivity contribution < 1.29 is 4.74 Å². The zero-order valence-electron chi connectivity index (χ0n) is 10.4. The summed E-state index contributed by atoms with van der Waals surface area (Å²) in [5, 5.41) is 2.07. The van der Waals surface area contributed by atoms with Crippen LogP contribution in [-0.4, -0.2) is 11.6 Å². The van der Waals surface area contributed by atoms with Crippen LogP contribution in [-0.2, 0) is 0 Å². The van der Waals surface area contributed by atoms with E-state index in [1.54, 1.807) is 11.3 Å². The molecule has 0 fully saturated rings. The second-order valence-electron chi connectivity index (χ2n) is 4.21. The Morgan fingerprint density at radius 2 is 2.18 bits per heavy atom. The molecule has 0 aliphatic rings. The molecule has 0 amide bonds. The summed E-state index contributed by atoms with van der Waals surface area (Å²) in [7, 11) is 0. The van der Waals surface area contributed by atoms with Crippen LogP contribution in [0.4, 0.5) is 0 Å². The Kier molecular flexibility index (Phi) is 3.79. The van der Waals surface area contributed by atoms with Gasteiger partial charge in [0, 0.05) is 10.9 Å². The highest BCUT2D eigenvalue weighted by Gasteiger charge is 2.10. The summed E-state index contributed by atoms with van der Waals surface area (Å²) in [6.45, 7) is 7.08. The van der Waals surface area contributed by atoms with Gasteiger partial charge >= 0.3 is 0 Å². The summed E-state index contributed by atoms with van der Waals surface area (Å²) < 4.78 is 5.65. The first kappa shape index (κ1) is 12.1. The lowest BCUT2D eigenvalue weighted by Gasteiger charge is -2.14. The molecule has 17 heavy (non-hydrogen) atoms. The molecule has 2 rings (SSSR count). The van der Waals surface area contributed by atoms with E-state index in [1.807, 2.05) is 18.5 Å². The molecule has 2 nitrogen and oxygen atoms in total. The Labute approximate surface area is 106 Å². The van der Waals surface area contributed by atoms with E-state index < -0.39 is 0 Å². The van der Waals surface area contributed by atoms with Crippen molar-refractivity contribution in [3.05, 3.63) is 34.7 Å². The molecule has 0 saturated heterocycles. The molecule has 0 bridgehead atoms. The fraction of sp³-hybridized carbons (Fsp3) is 0.357. The van der Waals surface area contributed by atoms with E-state index in [2.05, 4.69) is 36.3 Å². The predicted octanol–water partition coefficient (Wildman–Crippen LogP) is 4.33. The highest BCUT2D eigenvalue weighted by atomic mass is 32.1. The molecule has 0 aliphatic heterocycles. The van der Waals surface area contributed by atoms with Gasteiger partial charge in [-0.1, -0.05) is 13.8 Å². The van der Waals surface area contributed by atoms with Crippen LogP contribution >= 0.6 is 11.3 Å². The van der Waals surface area contributed by atoms with Crippen molar-refractivity contribution in [2.24, 2.45) is 0 Å². The largest absolute Gasteiger partial charge is 0.494 e. The number of benzene rings is 1. The van der Waals surface area contributed by atoms with Crippen molar-refractivity contribution in [3.8, 4) is 17.0 Å². The van der Waals surface area contributed by atoms with Gasteiger partial charge in [-0.3, -0.25) is 0 Å². The summed E-state index contributed by atoms with van der Waals surface area (Å²) in [6, 6.07) is 6.31. The summed E-state index contributed by atoms with van der Waals surface area (Å²) in [5.41, 5.74) is 5.32. The van der Waals surface area contributed by atoms with E-state index in [9.17, 15) is 0 Å². The number of thiazole rings is 1. The Balaban J connectivity index is 2.42. The Morgan fingerprint density at radius 3 is 2.76 bits per heavy atom. The fourth-order valence-corrected chi connectivity index (χ4v) is 2.36. The lowest BCUT2D eigenvalue weighted by atomic mass is 9.98. The van der Waals surface area contributed by atoms with Gasteiger partial charge in [0.2, 0.25) is 0 Å². The molecular weight excluding hydrogens is 230 g/mol. The van der Waals surface area contributed by atoms with Crippen molar-refractivity contribution in [2.75, 3.05) is 6.61 Å². The van der Waals surface area contributed by atoms with Gasteiger partial charge in [0.15, 0.2) is 0 Å². The van der Waals surface area contributed by atoms with Crippen molar-refractivity contribution in [1.29, 1.82) is 0 Å². The Hall–Kier alpha value is -1.35. The van der Waals surface area contributed by atoms with E-state index in [0.717, 1.165) is 11.4 Å². The molecule has 0 N–H and O–H groups in total. The molecule has 1 aromatic heterocycles. The number of aromatic nitrogens is 1. The lowest BCUT2D eigenvalue weighted by molar-refractivity contribution is 0.335. The Morgan fingerprint density at radius 1 is 1.35 bits per heavy atom. The molecule has 90 valence electrons. The minimum atomic E-state index is 0.454. The van der Waals surface area contributed by atoms with Gasteiger partial charge in [0.05, 0.1) is 17.8 Å². The van der Waals surface area contributed by atoms with Gasteiger partial charge in [-0.05, 0) is 36.6 Å². The number of hydrogen-bond donors (Lipinski definition) is 0. The van der Waals surface area contributed by atoms with Gasteiger partial charge in [-0.25, -0.2) is 4.98 Å². The molecule has 0 atom stereocenters. The molecule has 0 spiro atoms. The van der Waals surface area contributed by atoms with Crippen LogP contribution in [0.25, 0.3) is 11.3 Å². The first-order valence-electron chi connectivity index (χ1n) is 5.87. The standard InChI is InChI=1S/C14H17NOS/c1-4-16-14-6-5-11(7-12(14)10(2)3)13-8-17-9-15-13/h5-10H,4H2,1-3H3. The van der Waals surface area contributed by atoms with Crippen molar-refractivity contribution in [2.45, 2.75) is 26.7 Å². The minimum Gasteiger partial charge on any atom is -0.494 e. The zero-order valence-corrected chi connectivity index (χ0v) is 11.3. The Bertz CT molecular complexity index is 477. The third-order valence-electron chi connectivity index (χ3n) is 2.66. The topological polar surface area (TPSA) is 22.1 Å². The average molecular weight is 247 g/mol. The second-order valence-corrected chi connectivity index (χ2v) is 4.93. The quantitative estimate of drug-likeness (QED) is 0.802. The molecule has 0 saturated carbocycles. The molecule has 1 heterocycles. The smallest absolute Gasteiger partial charge is 0.122 e. The minimum absolute atomic E-state index is 0.454. The number of ether oxygens (including phenoxy) is 1. The van der Waals surface area contributed by atoms with Gasteiger partial charge in [0.25, 0.3) is 0 Å². The van der Waals surface area contributed by atoms with Gasteiger partial charge in [-0.15, -0.1) is 11.3 Å². The highest BCUT2D eigenvalue weighted by molar-refractivity contribution is 7.07. The third kappa shape index (κ3) is 2.67. The maximum absolute atomic E-state index is 5.65. The molecular formula is C14H17NOS. The fourth-order valence-electron chi connectivity index (χ4n) is 1.80. The molecule has 0 radical (unpaired) electrons. The third-order valence-corrected chi connectivity index (χ3v) is 3.25. The van der Waals surface area contributed by atoms with Crippen LogP contribution in [0.3, 0.4) is 0 Å². The zero-order chi connectivity index (χ0) is 12.3. The van der Waals surface area contributed by atoms with Crippen LogP contribution in [0.15, 0.2) is 29.1 Å². The molecule has 0 unspecified atom stereocenters. The molecule has 0 aliphatic carbocycles. The van der Waals surface area contributed by atoms with E-state index in [1.165, 1.54) is 11.1 Å². The summed E-state index contributed by atoms with van der Waals surface area (Å²) in [6.07, 6.45) is 0. The van der Waals surface area contributed by atoms with Crippen LogP contribution in [0.2, 0.25) is 0 Å². The van der Waals surface area contributed by atoms with Gasteiger partial charge in [-0.2, -0.15) is 0 Å². The lowest BCUT2D eigenvalue weighted by Crippen LogP contribution is -1.98. The summed E-state index contributed by atoms with van der Waals surface area (Å²) in [5.74, 6) is 1.44. The van der Waals surface area contributed by atoms with Gasteiger partial charge < -0.3 is 4.74 Å². The maximum atomic E-state index is 5.65. The maximum Gasteiger partial charge on any atom is 0.122 e. The van der Waals surface area contributed by atoms with Crippen molar-refractivity contribution in [1.82, 2.24) is 4.98 Å². The second kappa shape index (κ2) is 5.32. The molecule has 1 aromatic carbocycles. The summed E-state index contributed by atoms with van der Waals surface area (Å²) in [4.78, 5) is 4.34. The number of rotatable bonds is 4.